The Bertz CT molecular complexity index is 672. The van der Waals surface area contributed by atoms with Crippen LogP contribution in [0.2, 0.25) is 10.0 Å². The van der Waals surface area contributed by atoms with Gasteiger partial charge in [-0.25, -0.2) is 4.79 Å². The highest BCUT2D eigenvalue weighted by Gasteiger charge is 2.04. The van der Waals surface area contributed by atoms with Gasteiger partial charge in [0.2, 0.25) is 0 Å². The Morgan fingerprint density at radius 2 is 1.65 bits per heavy atom. The van der Waals surface area contributed by atoms with Crippen molar-refractivity contribution in [2.75, 3.05) is 10.6 Å². The van der Waals surface area contributed by atoms with Gasteiger partial charge in [-0.15, -0.1) is 6.42 Å². The van der Waals surface area contributed by atoms with E-state index in [9.17, 15) is 4.79 Å². The van der Waals surface area contributed by atoms with Crippen molar-refractivity contribution in [2.24, 2.45) is 0 Å². The molecule has 0 bridgehead atoms. The second-order valence-electron chi connectivity index (χ2n) is 3.96. The molecule has 2 rings (SSSR count). The van der Waals surface area contributed by atoms with Crippen LogP contribution < -0.4 is 10.6 Å². The molecule has 100 valence electrons. The van der Waals surface area contributed by atoms with Gasteiger partial charge in [-0.2, -0.15) is 0 Å². The van der Waals surface area contributed by atoms with E-state index in [-0.39, 0.29) is 0 Å². The summed E-state index contributed by atoms with van der Waals surface area (Å²) in [7, 11) is 0. The van der Waals surface area contributed by atoms with Crippen molar-refractivity contribution >= 4 is 40.6 Å². The number of benzene rings is 2. The zero-order valence-corrected chi connectivity index (χ0v) is 11.8. The number of halogens is 2. The molecule has 0 aliphatic carbocycles. The highest BCUT2D eigenvalue weighted by Crippen LogP contribution is 2.22. The molecule has 0 saturated carbocycles. The number of hydrogen-bond acceptors (Lipinski definition) is 1. The molecule has 0 fully saturated rings. The first-order valence-corrected chi connectivity index (χ1v) is 6.43. The number of rotatable bonds is 2. The first kappa shape index (κ1) is 14.3. The molecule has 0 unspecified atom stereocenters. The third-order valence-electron chi connectivity index (χ3n) is 2.41. The lowest BCUT2D eigenvalue weighted by Crippen LogP contribution is -2.19. The Labute approximate surface area is 126 Å². The SMILES string of the molecule is C#Cc1cccc(NC(=O)Nc2cc(Cl)cc(Cl)c2)c1. The maximum absolute atomic E-state index is 11.8. The van der Waals surface area contributed by atoms with Crippen molar-refractivity contribution < 1.29 is 4.79 Å². The summed E-state index contributed by atoms with van der Waals surface area (Å²) in [6, 6.07) is 11.4. The first-order chi connectivity index (χ1) is 9.56. The average molecular weight is 305 g/mol. The molecule has 2 amide bonds. The Balaban J connectivity index is 2.07. The third kappa shape index (κ3) is 3.92. The van der Waals surface area contributed by atoms with E-state index in [0.717, 1.165) is 0 Å². The lowest BCUT2D eigenvalue weighted by Gasteiger charge is -2.08. The fraction of sp³-hybridized carbons (Fsp3) is 0. The van der Waals surface area contributed by atoms with E-state index in [1.165, 1.54) is 0 Å². The summed E-state index contributed by atoms with van der Waals surface area (Å²) in [4.78, 5) is 11.8. The Morgan fingerprint density at radius 1 is 1.00 bits per heavy atom. The Morgan fingerprint density at radius 3 is 2.30 bits per heavy atom. The van der Waals surface area contributed by atoms with E-state index in [1.54, 1.807) is 42.5 Å². The Hall–Kier alpha value is -2.15. The third-order valence-corrected chi connectivity index (χ3v) is 2.84. The van der Waals surface area contributed by atoms with E-state index in [4.69, 9.17) is 29.6 Å². The van der Waals surface area contributed by atoms with Crippen LogP contribution in [0.5, 0.6) is 0 Å². The monoisotopic (exact) mass is 304 g/mol. The van der Waals surface area contributed by atoms with Gasteiger partial charge >= 0.3 is 6.03 Å². The van der Waals surface area contributed by atoms with Crippen LogP contribution in [-0.4, -0.2) is 6.03 Å². The van der Waals surface area contributed by atoms with Gasteiger partial charge in [0.05, 0.1) is 0 Å². The van der Waals surface area contributed by atoms with E-state index >= 15 is 0 Å². The lowest BCUT2D eigenvalue weighted by molar-refractivity contribution is 0.262. The van der Waals surface area contributed by atoms with E-state index in [0.29, 0.717) is 27.0 Å². The van der Waals surface area contributed by atoms with Crippen LogP contribution in [0.25, 0.3) is 0 Å². The minimum absolute atomic E-state index is 0.405. The molecule has 0 aromatic heterocycles. The van der Waals surface area contributed by atoms with Crippen molar-refractivity contribution in [3.05, 3.63) is 58.1 Å². The maximum atomic E-state index is 11.8. The zero-order chi connectivity index (χ0) is 14.5. The van der Waals surface area contributed by atoms with Gasteiger partial charge < -0.3 is 10.6 Å². The number of anilines is 2. The van der Waals surface area contributed by atoms with Crippen LogP contribution in [0, 0.1) is 12.3 Å². The molecule has 3 nitrogen and oxygen atoms in total. The summed E-state index contributed by atoms with van der Waals surface area (Å²) in [5.74, 6) is 2.50. The van der Waals surface area contributed by atoms with Crippen LogP contribution in [-0.2, 0) is 0 Å². The number of hydrogen-bond donors (Lipinski definition) is 2. The zero-order valence-electron chi connectivity index (χ0n) is 10.3. The number of terminal acetylenes is 1. The summed E-state index contributed by atoms with van der Waals surface area (Å²) in [5, 5.41) is 6.20. The molecule has 0 spiro atoms. The molecular weight excluding hydrogens is 295 g/mol. The standard InChI is InChI=1S/C15H10Cl2N2O/c1-2-10-4-3-5-13(6-10)18-15(20)19-14-8-11(16)7-12(17)9-14/h1,3-9H,(H2,18,19,20). The quantitative estimate of drug-likeness (QED) is 0.781. The molecule has 0 aliphatic rings. The highest BCUT2D eigenvalue weighted by molar-refractivity contribution is 6.35. The van der Waals surface area contributed by atoms with Gasteiger partial charge in [0.15, 0.2) is 0 Å². The van der Waals surface area contributed by atoms with Gasteiger partial charge in [-0.1, -0.05) is 35.2 Å². The van der Waals surface area contributed by atoms with Crippen molar-refractivity contribution in [3.63, 3.8) is 0 Å². The molecule has 0 heterocycles. The van der Waals surface area contributed by atoms with Gasteiger partial charge in [-0.05, 0) is 36.4 Å². The largest absolute Gasteiger partial charge is 0.323 e. The van der Waals surface area contributed by atoms with Crippen LogP contribution in [0.3, 0.4) is 0 Å². The normalized spacial score (nSPS) is 9.65. The minimum Gasteiger partial charge on any atom is -0.308 e. The van der Waals surface area contributed by atoms with Gasteiger partial charge in [0.25, 0.3) is 0 Å². The fourth-order valence-electron chi connectivity index (χ4n) is 1.61. The van der Waals surface area contributed by atoms with Crippen LogP contribution in [0.4, 0.5) is 16.2 Å². The molecule has 5 heteroatoms. The van der Waals surface area contributed by atoms with Crippen molar-refractivity contribution in [1.29, 1.82) is 0 Å². The molecule has 2 N–H and O–H groups in total. The summed E-state index contributed by atoms with van der Waals surface area (Å²) in [6.07, 6.45) is 5.30. The first-order valence-electron chi connectivity index (χ1n) is 5.67. The predicted molar refractivity (Wildman–Crippen MR) is 83.5 cm³/mol. The second-order valence-corrected chi connectivity index (χ2v) is 4.84. The molecule has 0 atom stereocenters. The van der Waals surface area contributed by atoms with Crippen molar-refractivity contribution in [2.45, 2.75) is 0 Å². The van der Waals surface area contributed by atoms with E-state index in [2.05, 4.69) is 16.6 Å². The van der Waals surface area contributed by atoms with E-state index < -0.39 is 6.03 Å². The maximum Gasteiger partial charge on any atom is 0.323 e. The number of carbonyl (C=O) groups excluding carboxylic acids is 1. The van der Waals surface area contributed by atoms with Gasteiger partial charge in [0, 0.05) is 27.0 Å². The molecule has 2 aromatic carbocycles. The van der Waals surface area contributed by atoms with Crippen LogP contribution in [0.1, 0.15) is 5.56 Å². The van der Waals surface area contributed by atoms with Crippen molar-refractivity contribution in [1.82, 2.24) is 0 Å². The van der Waals surface area contributed by atoms with Gasteiger partial charge in [-0.3, -0.25) is 0 Å². The highest BCUT2D eigenvalue weighted by atomic mass is 35.5. The molecule has 0 aliphatic heterocycles. The molecule has 0 radical (unpaired) electrons. The summed E-state index contributed by atoms with van der Waals surface area (Å²) < 4.78 is 0. The van der Waals surface area contributed by atoms with Crippen LogP contribution >= 0.6 is 23.2 Å². The molecule has 20 heavy (non-hydrogen) atoms. The number of carbonyl (C=O) groups is 1. The van der Waals surface area contributed by atoms with E-state index in [1.807, 2.05) is 0 Å². The predicted octanol–water partition coefficient (Wildman–Crippen LogP) is 4.62. The number of amides is 2. The lowest BCUT2D eigenvalue weighted by atomic mass is 10.2. The number of nitrogens with one attached hydrogen (secondary N) is 2. The Kier molecular flexibility index (Phi) is 4.52. The summed E-state index contributed by atoms with van der Waals surface area (Å²) in [6.45, 7) is 0. The van der Waals surface area contributed by atoms with Crippen LogP contribution in [0.15, 0.2) is 42.5 Å². The molecule has 0 saturated heterocycles. The molecular formula is C15H10Cl2N2O. The van der Waals surface area contributed by atoms with Crippen molar-refractivity contribution in [3.8, 4) is 12.3 Å². The fourth-order valence-corrected chi connectivity index (χ4v) is 2.13. The topological polar surface area (TPSA) is 41.1 Å². The second kappa shape index (κ2) is 6.33. The smallest absolute Gasteiger partial charge is 0.308 e. The molecule has 2 aromatic rings. The van der Waals surface area contributed by atoms with Gasteiger partial charge in [0.1, 0.15) is 0 Å². The average Bonchev–Trinajstić information content (AvgIpc) is 2.37. The summed E-state index contributed by atoms with van der Waals surface area (Å²) >= 11 is 11.7. The minimum atomic E-state index is -0.405. The number of urea groups is 1. The summed E-state index contributed by atoms with van der Waals surface area (Å²) in [5.41, 5.74) is 1.80.